The van der Waals surface area contributed by atoms with E-state index in [1.165, 1.54) is 0 Å². The van der Waals surface area contributed by atoms with Gasteiger partial charge in [0.1, 0.15) is 5.82 Å². The summed E-state index contributed by atoms with van der Waals surface area (Å²) < 4.78 is 26.3. The normalized spacial score (nSPS) is 20.0. The monoisotopic (exact) mass is 312 g/mol. The number of aromatic nitrogens is 2. The molecule has 1 N–H and O–H groups in total. The highest BCUT2D eigenvalue weighted by molar-refractivity contribution is 7.89. The van der Waals surface area contributed by atoms with E-state index in [1.807, 2.05) is 13.8 Å². The second-order valence-electron chi connectivity index (χ2n) is 5.61. The molecule has 0 bridgehead atoms. The lowest BCUT2D eigenvalue weighted by Crippen LogP contribution is -2.28. The van der Waals surface area contributed by atoms with E-state index >= 15 is 0 Å². The van der Waals surface area contributed by atoms with Crippen molar-refractivity contribution in [1.29, 1.82) is 0 Å². The molecular weight excluding hydrogens is 288 g/mol. The molecule has 2 rings (SSSR count). The summed E-state index contributed by atoms with van der Waals surface area (Å²) >= 11 is 0. The quantitative estimate of drug-likeness (QED) is 0.859. The lowest BCUT2D eigenvalue weighted by Gasteiger charge is -2.21. The molecule has 118 valence electrons. The summed E-state index contributed by atoms with van der Waals surface area (Å²) in [7, 11) is -1.13. The van der Waals surface area contributed by atoms with Crippen molar-refractivity contribution >= 4 is 10.0 Å². The van der Waals surface area contributed by atoms with Gasteiger partial charge >= 0.3 is 0 Å². The van der Waals surface area contributed by atoms with E-state index in [0.717, 1.165) is 36.5 Å². The van der Waals surface area contributed by atoms with Crippen LogP contribution < -0.4 is 4.72 Å². The minimum Gasteiger partial charge on any atom is -0.298 e. The predicted octanol–water partition coefficient (Wildman–Crippen LogP) is 1.38. The Kier molecular flexibility index (Phi) is 5.29. The Labute approximate surface area is 127 Å². The first-order valence-electron chi connectivity index (χ1n) is 7.43. The third kappa shape index (κ3) is 4.21. The van der Waals surface area contributed by atoms with Crippen LogP contribution in [-0.4, -0.2) is 42.6 Å². The topological polar surface area (TPSA) is 75.2 Å². The molecule has 1 fully saturated rings. The number of aryl methyl sites for hydroxylation is 1. The zero-order chi connectivity index (χ0) is 15.5. The van der Waals surface area contributed by atoms with E-state index in [4.69, 9.17) is 0 Å². The molecule has 21 heavy (non-hydrogen) atoms. The number of nitrogens with one attached hydrogen (secondary N) is 1. The first-order valence-corrected chi connectivity index (χ1v) is 9.08. The highest BCUT2D eigenvalue weighted by atomic mass is 32.2. The van der Waals surface area contributed by atoms with Crippen molar-refractivity contribution in [3.05, 3.63) is 23.3 Å². The van der Waals surface area contributed by atoms with E-state index in [1.54, 1.807) is 6.20 Å². The lowest BCUT2D eigenvalue weighted by molar-refractivity contribution is 0.309. The Morgan fingerprint density at radius 3 is 2.86 bits per heavy atom. The predicted molar refractivity (Wildman–Crippen MR) is 82.3 cm³/mol. The Hall–Kier alpha value is -1.05. The van der Waals surface area contributed by atoms with Gasteiger partial charge in [-0.1, -0.05) is 6.92 Å². The van der Waals surface area contributed by atoms with Crippen LogP contribution in [0.1, 0.15) is 49.3 Å². The second-order valence-corrected chi connectivity index (χ2v) is 7.53. The summed E-state index contributed by atoms with van der Waals surface area (Å²) in [5, 5.41) is 0. The molecule has 2 heterocycles. The van der Waals surface area contributed by atoms with E-state index in [2.05, 4.69) is 26.6 Å². The van der Waals surface area contributed by atoms with Gasteiger partial charge in [0.25, 0.3) is 0 Å². The number of sulfonamides is 1. The van der Waals surface area contributed by atoms with Gasteiger partial charge in [0.2, 0.25) is 10.0 Å². The molecule has 1 saturated heterocycles. The number of rotatable bonds is 6. The maximum absolute atomic E-state index is 11.8. The van der Waals surface area contributed by atoms with Gasteiger partial charge in [-0.05, 0) is 39.8 Å². The fourth-order valence-corrected chi connectivity index (χ4v) is 3.78. The first-order chi connectivity index (χ1) is 9.93. The molecular formula is C14H24N4O2S. The third-order valence-electron chi connectivity index (χ3n) is 3.81. The smallest absolute Gasteiger partial charge is 0.211 e. The van der Waals surface area contributed by atoms with Crippen molar-refractivity contribution in [2.45, 2.75) is 45.7 Å². The summed E-state index contributed by atoms with van der Waals surface area (Å²) in [6, 6.07) is 0.261. The molecule has 1 aliphatic rings. The van der Waals surface area contributed by atoms with Gasteiger partial charge in [0.05, 0.1) is 17.5 Å². The van der Waals surface area contributed by atoms with Gasteiger partial charge in [0.15, 0.2) is 0 Å². The van der Waals surface area contributed by atoms with E-state index < -0.39 is 10.0 Å². The highest BCUT2D eigenvalue weighted by Crippen LogP contribution is 2.31. The Morgan fingerprint density at radius 1 is 1.48 bits per heavy atom. The van der Waals surface area contributed by atoms with Crippen LogP contribution >= 0.6 is 0 Å². The average Bonchev–Trinajstić information content (AvgIpc) is 2.83. The number of likely N-dealkylation sites (tertiary alicyclic amines) is 1. The molecule has 1 unspecified atom stereocenters. The second kappa shape index (κ2) is 6.81. The molecule has 0 aromatic carbocycles. The molecule has 0 aliphatic carbocycles. The SMILES string of the molecule is CCCS(=O)(=O)NCc1cnc(C)nc1C1CCCN1C. The van der Waals surface area contributed by atoms with Crippen molar-refractivity contribution in [2.75, 3.05) is 19.3 Å². The lowest BCUT2D eigenvalue weighted by atomic mass is 10.1. The van der Waals surface area contributed by atoms with Gasteiger partial charge < -0.3 is 0 Å². The average molecular weight is 312 g/mol. The van der Waals surface area contributed by atoms with E-state index in [0.29, 0.717) is 6.42 Å². The van der Waals surface area contributed by atoms with Crippen molar-refractivity contribution in [3.63, 3.8) is 0 Å². The molecule has 0 spiro atoms. The summed E-state index contributed by atoms with van der Waals surface area (Å²) in [6.45, 7) is 5.04. The van der Waals surface area contributed by atoms with Crippen molar-refractivity contribution in [1.82, 2.24) is 19.6 Å². The molecule has 6 nitrogen and oxygen atoms in total. The van der Waals surface area contributed by atoms with Gasteiger partial charge in [-0.15, -0.1) is 0 Å². The van der Waals surface area contributed by atoms with Crippen LogP contribution in [0.15, 0.2) is 6.20 Å². The van der Waals surface area contributed by atoms with Crippen LogP contribution in [0, 0.1) is 6.92 Å². The minimum absolute atomic E-state index is 0.151. The van der Waals surface area contributed by atoms with Crippen LogP contribution in [0.5, 0.6) is 0 Å². The molecule has 1 aliphatic heterocycles. The minimum atomic E-state index is -3.21. The zero-order valence-corrected chi connectivity index (χ0v) is 13.8. The van der Waals surface area contributed by atoms with Gasteiger partial charge in [-0.2, -0.15) is 0 Å². The molecule has 1 atom stereocenters. The van der Waals surface area contributed by atoms with E-state index in [-0.39, 0.29) is 18.3 Å². The standard InChI is InChI=1S/C14H24N4O2S/c1-4-8-21(19,20)16-10-12-9-15-11(2)17-14(12)13-6-5-7-18(13)3/h9,13,16H,4-8,10H2,1-3H3. The van der Waals surface area contributed by atoms with Gasteiger partial charge in [-0.25, -0.2) is 23.1 Å². The summed E-state index contributed by atoms with van der Waals surface area (Å²) in [5.74, 6) is 0.878. The fraction of sp³-hybridized carbons (Fsp3) is 0.714. The number of hydrogen-bond acceptors (Lipinski definition) is 5. The zero-order valence-electron chi connectivity index (χ0n) is 13.0. The van der Waals surface area contributed by atoms with Crippen molar-refractivity contribution < 1.29 is 8.42 Å². The summed E-state index contributed by atoms with van der Waals surface area (Å²) in [6.07, 6.45) is 4.56. The largest absolute Gasteiger partial charge is 0.298 e. The molecule has 0 amide bonds. The maximum Gasteiger partial charge on any atom is 0.211 e. The highest BCUT2D eigenvalue weighted by Gasteiger charge is 2.26. The maximum atomic E-state index is 11.8. The van der Waals surface area contributed by atoms with Crippen molar-refractivity contribution in [2.24, 2.45) is 0 Å². The van der Waals surface area contributed by atoms with Crippen LogP contribution in [0.4, 0.5) is 0 Å². The van der Waals surface area contributed by atoms with Crippen LogP contribution in [0.25, 0.3) is 0 Å². The van der Waals surface area contributed by atoms with Crippen LogP contribution in [0.3, 0.4) is 0 Å². The molecule has 1 aromatic rings. The van der Waals surface area contributed by atoms with E-state index in [9.17, 15) is 8.42 Å². The van der Waals surface area contributed by atoms with Gasteiger partial charge in [-0.3, -0.25) is 4.90 Å². The molecule has 0 radical (unpaired) electrons. The number of nitrogens with zero attached hydrogens (tertiary/aromatic N) is 3. The molecule has 1 aromatic heterocycles. The van der Waals surface area contributed by atoms with Crippen LogP contribution in [-0.2, 0) is 16.6 Å². The van der Waals surface area contributed by atoms with Gasteiger partial charge in [0, 0.05) is 18.3 Å². The Bertz CT molecular complexity index is 589. The fourth-order valence-electron chi connectivity index (χ4n) is 2.72. The molecule has 7 heteroatoms. The van der Waals surface area contributed by atoms with Crippen molar-refractivity contribution in [3.8, 4) is 0 Å². The first kappa shape index (κ1) is 16.3. The summed E-state index contributed by atoms with van der Waals surface area (Å²) in [4.78, 5) is 11.1. The Morgan fingerprint density at radius 2 is 2.24 bits per heavy atom. The third-order valence-corrected chi connectivity index (χ3v) is 5.34. The Balaban J connectivity index is 2.19. The van der Waals surface area contributed by atoms with Crippen LogP contribution in [0.2, 0.25) is 0 Å². The summed E-state index contributed by atoms with van der Waals surface area (Å²) in [5.41, 5.74) is 1.83. The molecule has 0 saturated carbocycles. The number of hydrogen-bond donors (Lipinski definition) is 1.